The molecule has 1 heterocycles. The van der Waals surface area contributed by atoms with Crippen molar-refractivity contribution in [1.82, 2.24) is 0 Å². The summed E-state index contributed by atoms with van der Waals surface area (Å²) in [4.78, 5) is 0. The van der Waals surface area contributed by atoms with Gasteiger partial charge in [-0.2, -0.15) is 0 Å². The Morgan fingerprint density at radius 2 is 0.673 bits per heavy atom. The van der Waals surface area contributed by atoms with Crippen LogP contribution in [0.15, 0.2) is 194 Å². The molecule has 12 rings (SSSR count). The van der Waals surface area contributed by atoms with Crippen LogP contribution < -0.4 is 0 Å². The Labute approximate surface area is 323 Å². The third-order valence-electron chi connectivity index (χ3n) is 11.8. The first-order chi connectivity index (χ1) is 27.3. The van der Waals surface area contributed by atoms with Gasteiger partial charge in [-0.05, 0) is 111 Å². The number of fused-ring (bicyclic) bond motifs is 8. The Morgan fingerprint density at radius 3 is 1.35 bits per heavy atom. The molecule has 0 radical (unpaired) electrons. The lowest BCUT2D eigenvalue weighted by atomic mass is 9.85. The minimum atomic E-state index is 1.22. The van der Waals surface area contributed by atoms with Crippen molar-refractivity contribution in [1.29, 1.82) is 0 Å². The van der Waals surface area contributed by atoms with Gasteiger partial charge in [0.15, 0.2) is 0 Å². The topological polar surface area (TPSA) is 0 Å². The predicted octanol–water partition coefficient (Wildman–Crippen LogP) is 15.8. The maximum atomic E-state index is 2.40. The molecule has 1 aromatic heterocycles. The van der Waals surface area contributed by atoms with Gasteiger partial charge in [-0.3, -0.25) is 0 Å². The molecule has 0 saturated heterocycles. The Bertz CT molecular complexity index is 3270. The molecule has 0 nitrogen and oxygen atoms in total. The van der Waals surface area contributed by atoms with Crippen LogP contribution in [0.3, 0.4) is 0 Å². The predicted molar refractivity (Wildman–Crippen MR) is 238 cm³/mol. The fourth-order valence-corrected chi connectivity index (χ4v) is 10.6. The lowest BCUT2D eigenvalue weighted by Gasteiger charge is -2.18. The molecule has 0 atom stereocenters. The fraction of sp³-hybridized carbons (Fsp3) is 0. The summed E-state index contributed by atoms with van der Waals surface area (Å²) in [5.74, 6) is 0. The van der Waals surface area contributed by atoms with Gasteiger partial charge in [-0.1, -0.05) is 182 Å². The third-order valence-corrected chi connectivity index (χ3v) is 13.0. The molecule has 1 aliphatic rings. The average molecular weight is 713 g/mol. The second-order valence-electron chi connectivity index (χ2n) is 14.7. The number of rotatable bonds is 4. The van der Waals surface area contributed by atoms with Gasteiger partial charge >= 0.3 is 0 Å². The van der Waals surface area contributed by atoms with Gasteiger partial charge in [0.05, 0.1) is 0 Å². The monoisotopic (exact) mass is 712 g/mol. The summed E-state index contributed by atoms with van der Waals surface area (Å²) in [6, 6.07) is 72.2. The van der Waals surface area contributed by atoms with E-state index in [2.05, 4.69) is 194 Å². The smallest absolute Gasteiger partial charge is 0.0361 e. The van der Waals surface area contributed by atoms with E-state index in [1.54, 1.807) is 0 Å². The van der Waals surface area contributed by atoms with E-state index < -0.39 is 0 Å². The summed E-state index contributed by atoms with van der Waals surface area (Å²) in [6.07, 6.45) is 0. The van der Waals surface area contributed by atoms with E-state index in [1.165, 1.54) is 119 Å². The molecule has 0 spiro atoms. The van der Waals surface area contributed by atoms with Gasteiger partial charge in [0.1, 0.15) is 0 Å². The fourth-order valence-electron chi connectivity index (χ4n) is 9.46. The van der Waals surface area contributed by atoms with Crippen molar-refractivity contribution in [3.05, 3.63) is 194 Å². The van der Waals surface area contributed by atoms with Crippen LogP contribution in [0.5, 0.6) is 0 Å². The molecule has 0 bridgehead atoms. The highest BCUT2D eigenvalue weighted by Gasteiger charge is 2.23. The van der Waals surface area contributed by atoms with Crippen molar-refractivity contribution in [2.75, 3.05) is 0 Å². The van der Waals surface area contributed by atoms with E-state index in [0.29, 0.717) is 0 Å². The first-order valence-corrected chi connectivity index (χ1v) is 19.8. The summed E-state index contributed by atoms with van der Waals surface area (Å²) in [7, 11) is 0. The Balaban J connectivity index is 1.00. The standard InChI is InChI=1S/C54H32S/c1-2-13-37(40-30-31-49-39-15-4-3-14-38(39)43-21-11-22-44(40)54(43)49)36(12-1)33-24-26-34(27-25-33)52-45-17-5-7-19-47(45)53(48-20-8-6-18-46(48)52)35-28-29-42-41-16-9-10-23-50(41)55-51(42)32-35/h1-32H. The molecule has 0 amide bonds. The van der Waals surface area contributed by atoms with Crippen molar-refractivity contribution in [2.24, 2.45) is 0 Å². The molecule has 1 aliphatic carbocycles. The second kappa shape index (κ2) is 11.9. The lowest BCUT2D eigenvalue weighted by molar-refractivity contribution is 1.59. The highest BCUT2D eigenvalue weighted by molar-refractivity contribution is 7.25. The van der Waals surface area contributed by atoms with Crippen LogP contribution in [-0.4, -0.2) is 0 Å². The normalized spacial score (nSPS) is 12.0. The van der Waals surface area contributed by atoms with Crippen LogP contribution in [0.25, 0.3) is 119 Å². The van der Waals surface area contributed by atoms with Crippen LogP contribution in [0.4, 0.5) is 0 Å². The molecule has 0 unspecified atom stereocenters. The van der Waals surface area contributed by atoms with Crippen LogP contribution >= 0.6 is 11.3 Å². The van der Waals surface area contributed by atoms with E-state index in [-0.39, 0.29) is 0 Å². The van der Waals surface area contributed by atoms with E-state index in [9.17, 15) is 0 Å². The summed E-state index contributed by atoms with van der Waals surface area (Å²) >= 11 is 1.88. The highest BCUT2D eigenvalue weighted by Crippen LogP contribution is 2.50. The van der Waals surface area contributed by atoms with Gasteiger partial charge < -0.3 is 0 Å². The summed E-state index contributed by atoms with van der Waals surface area (Å²) in [5, 5.41) is 10.4. The molecular weight excluding hydrogens is 681 g/mol. The highest BCUT2D eigenvalue weighted by atomic mass is 32.1. The molecule has 254 valence electrons. The molecule has 10 aromatic carbocycles. The zero-order valence-electron chi connectivity index (χ0n) is 29.9. The molecule has 0 aliphatic heterocycles. The molecule has 0 fully saturated rings. The number of benzene rings is 10. The lowest BCUT2D eigenvalue weighted by Crippen LogP contribution is -1.91. The second-order valence-corrected chi connectivity index (χ2v) is 15.8. The van der Waals surface area contributed by atoms with Crippen LogP contribution in [0.2, 0.25) is 0 Å². The minimum Gasteiger partial charge on any atom is -0.135 e. The van der Waals surface area contributed by atoms with Crippen molar-refractivity contribution < 1.29 is 0 Å². The van der Waals surface area contributed by atoms with E-state index >= 15 is 0 Å². The van der Waals surface area contributed by atoms with Crippen LogP contribution in [-0.2, 0) is 0 Å². The third kappa shape index (κ3) is 4.51. The number of thiophene rings is 1. The first kappa shape index (κ1) is 30.6. The number of hydrogen-bond acceptors (Lipinski definition) is 1. The number of hydrogen-bond donors (Lipinski definition) is 0. The largest absolute Gasteiger partial charge is 0.135 e. The van der Waals surface area contributed by atoms with Gasteiger partial charge in [-0.15, -0.1) is 11.3 Å². The Hall–Kier alpha value is -6.80. The van der Waals surface area contributed by atoms with Crippen molar-refractivity contribution in [2.45, 2.75) is 0 Å². The molecule has 0 saturated carbocycles. The van der Waals surface area contributed by atoms with Crippen molar-refractivity contribution >= 4 is 63.8 Å². The van der Waals surface area contributed by atoms with Gasteiger partial charge in [0, 0.05) is 20.2 Å². The van der Waals surface area contributed by atoms with Gasteiger partial charge in [-0.25, -0.2) is 0 Å². The zero-order chi connectivity index (χ0) is 36.0. The minimum absolute atomic E-state index is 1.22. The first-order valence-electron chi connectivity index (χ1n) is 19.0. The maximum absolute atomic E-state index is 2.40. The van der Waals surface area contributed by atoms with Crippen LogP contribution in [0.1, 0.15) is 0 Å². The molecule has 1 heteroatoms. The Kier molecular flexibility index (Phi) is 6.60. The quantitative estimate of drug-likeness (QED) is 0.159. The summed E-state index contributed by atoms with van der Waals surface area (Å²) in [6.45, 7) is 0. The zero-order valence-corrected chi connectivity index (χ0v) is 30.7. The SMILES string of the molecule is c1ccc(-c2ccc3c4c(cccc24)-c2ccccc2-3)c(-c2ccc(-c3c4ccccc4c(-c4ccc5c(c4)sc4ccccc45)c4ccccc34)cc2)c1. The van der Waals surface area contributed by atoms with Gasteiger partial charge in [0.2, 0.25) is 0 Å². The molecule has 11 aromatic rings. The van der Waals surface area contributed by atoms with Crippen molar-refractivity contribution in [3.8, 4) is 66.8 Å². The molecule has 55 heavy (non-hydrogen) atoms. The van der Waals surface area contributed by atoms with Gasteiger partial charge in [0.25, 0.3) is 0 Å². The summed E-state index contributed by atoms with van der Waals surface area (Å²) < 4.78 is 2.66. The van der Waals surface area contributed by atoms with Crippen molar-refractivity contribution in [3.63, 3.8) is 0 Å². The average Bonchev–Trinajstić information content (AvgIpc) is 3.79. The molecular formula is C54H32S. The van der Waals surface area contributed by atoms with E-state index in [4.69, 9.17) is 0 Å². The maximum Gasteiger partial charge on any atom is 0.0361 e. The Morgan fingerprint density at radius 1 is 0.236 bits per heavy atom. The van der Waals surface area contributed by atoms with E-state index in [1.807, 2.05) is 11.3 Å². The van der Waals surface area contributed by atoms with E-state index in [0.717, 1.165) is 0 Å². The van der Waals surface area contributed by atoms with Crippen LogP contribution in [0, 0.1) is 0 Å². The summed E-state index contributed by atoms with van der Waals surface area (Å²) in [5.41, 5.74) is 15.4. The molecule has 0 N–H and O–H groups in total.